The molecule has 2 N–H and O–H groups in total. The van der Waals surface area contributed by atoms with Crippen molar-refractivity contribution in [3.63, 3.8) is 0 Å². The summed E-state index contributed by atoms with van der Waals surface area (Å²) in [7, 11) is 0. The lowest BCUT2D eigenvalue weighted by Gasteiger charge is -2.23. The molecule has 0 aliphatic carbocycles. The number of anilines is 1. The molecule has 0 spiro atoms. The van der Waals surface area contributed by atoms with Gasteiger partial charge in [0, 0.05) is 12.7 Å². The van der Waals surface area contributed by atoms with Crippen molar-refractivity contribution in [1.29, 1.82) is 0 Å². The summed E-state index contributed by atoms with van der Waals surface area (Å²) >= 11 is 0. The van der Waals surface area contributed by atoms with Gasteiger partial charge in [0.2, 0.25) is 5.95 Å². The van der Waals surface area contributed by atoms with Crippen LogP contribution in [0.15, 0.2) is 12.1 Å². The number of ether oxygens (including phenoxy) is 1. The molecule has 1 aromatic heterocycles. The maximum absolute atomic E-state index is 13.5. The van der Waals surface area contributed by atoms with Gasteiger partial charge in [0.05, 0.1) is 23.7 Å². The molecule has 1 fully saturated rings. The molecule has 0 saturated carbocycles. The summed E-state index contributed by atoms with van der Waals surface area (Å²) in [5.74, 6) is 0.181. The maximum Gasteiger partial charge on any atom is 0.201 e. The largest absolute Gasteiger partial charge is 0.376 e. The number of nitrogens with two attached hydrogens (primary N) is 1. The van der Waals surface area contributed by atoms with Gasteiger partial charge in [0.25, 0.3) is 0 Å². The average Bonchev–Trinajstić information content (AvgIpc) is 2.68. The van der Waals surface area contributed by atoms with Crippen molar-refractivity contribution in [3.05, 3.63) is 23.5 Å². The SMILES string of the molecule is Cc1cc2c(cc1F)nc(N)n2CC1CCCCO1. The van der Waals surface area contributed by atoms with Crippen molar-refractivity contribution >= 4 is 17.0 Å². The number of imidazole rings is 1. The van der Waals surface area contributed by atoms with Crippen molar-refractivity contribution in [2.75, 3.05) is 12.3 Å². The predicted molar refractivity (Wildman–Crippen MR) is 72.4 cm³/mol. The number of benzene rings is 1. The minimum Gasteiger partial charge on any atom is -0.376 e. The number of hydrogen-bond donors (Lipinski definition) is 1. The lowest BCUT2D eigenvalue weighted by atomic mass is 10.1. The summed E-state index contributed by atoms with van der Waals surface area (Å²) in [5.41, 5.74) is 8.04. The number of nitrogens with zero attached hydrogens (tertiary/aromatic N) is 2. The fourth-order valence-electron chi connectivity index (χ4n) is 2.62. The fraction of sp³-hybridized carbons (Fsp3) is 0.500. The highest BCUT2D eigenvalue weighted by atomic mass is 19.1. The van der Waals surface area contributed by atoms with Crippen LogP contribution in [0.25, 0.3) is 11.0 Å². The van der Waals surface area contributed by atoms with E-state index in [1.165, 1.54) is 12.5 Å². The van der Waals surface area contributed by atoms with Gasteiger partial charge in [0.1, 0.15) is 5.82 Å². The third kappa shape index (κ3) is 2.30. The van der Waals surface area contributed by atoms with Crippen molar-refractivity contribution in [3.8, 4) is 0 Å². The van der Waals surface area contributed by atoms with Gasteiger partial charge < -0.3 is 15.0 Å². The molecule has 1 unspecified atom stereocenters. The van der Waals surface area contributed by atoms with Crippen molar-refractivity contribution in [1.82, 2.24) is 9.55 Å². The molecule has 0 amide bonds. The van der Waals surface area contributed by atoms with E-state index in [-0.39, 0.29) is 11.9 Å². The molecule has 4 nitrogen and oxygen atoms in total. The first kappa shape index (κ1) is 12.4. The molecule has 5 heteroatoms. The molecule has 2 heterocycles. The van der Waals surface area contributed by atoms with E-state index in [1.807, 2.05) is 4.57 Å². The van der Waals surface area contributed by atoms with Gasteiger partial charge in [-0.25, -0.2) is 9.37 Å². The highest BCUT2D eigenvalue weighted by Gasteiger charge is 2.18. The van der Waals surface area contributed by atoms with E-state index >= 15 is 0 Å². The van der Waals surface area contributed by atoms with Crippen LogP contribution in [0.3, 0.4) is 0 Å². The van der Waals surface area contributed by atoms with E-state index in [0.29, 0.717) is 23.6 Å². The first-order valence-corrected chi connectivity index (χ1v) is 6.68. The molecule has 1 aliphatic heterocycles. The van der Waals surface area contributed by atoms with Gasteiger partial charge in [-0.1, -0.05) is 0 Å². The molecule has 0 bridgehead atoms. The minimum atomic E-state index is -0.244. The molecule has 1 aliphatic rings. The smallest absolute Gasteiger partial charge is 0.201 e. The Kier molecular flexibility index (Phi) is 3.14. The lowest BCUT2D eigenvalue weighted by molar-refractivity contribution is 0.00694. The van der Waals surface area contributed by atoms with Gasteiger partial charge >= 0.3 is 0 Å². The molecular formula is C14H18FN3O. The van der Waals surface area contributed by atoms with Gasteiger partial charge in [-0.2, -0.15) is 0 Å². The number of nitrogen functional groups attached to an aromatic ring is 1. The zero-order chi connectivity index (χ0) is 13.4. The van der Waals surface area contributed by atoms with Crippen LogP contribution < -0.4 is 5.73 Å². The van der Waals surface area contributed by atoms with E-state index < -0.39 is 0 Å². The van der Waals surface area contributed by atoms with E-state index in [2.05, 4.69) is 4.98 Å². The molecule has 1 aromatic carbocycles. The highest BCUT2D eigenvalue weighted by molar-refractivity contribution is 5.79. The Hall–Kier alpha value is -1.62. The number of hydrogen-bond acceptors (Lipinski definition) is 3. The highest BCUT2D eigenvalue weighted by Crippen LogP contribution is 2.24. The number of aryl methyl sites for hydroxylation is 1. The fourth-order valence-corrected chi connectivity index (χ4v) is 2.62. The summed E-state index contributed by atoms with van der Waals surface area (Å²) in [6.07, 6.45) is 3.53. The van der Waals surface area contributed by atoms with Crippen LogP contribution in [0.1, 0.15) is 24.8 Å². The summed E-state index contributed by atoms with van der Waals surface area (Å²) in [6.45, 7) is 3.25. The molecule has 1 saturated heterocycles. The standard InChI is InChI=1S/C14H18FN3O/c1-9-6-13-12(7-11(9)15)17-14(16)18(13)8-10-4-2-3-5-19-10/h6-7,10H,2-5,8H2,1H3,(H2,16,17). The molecule has 0 radical (unpaired) electrons. The van der Waals surface area contributed by atoms with Gasteiger partial charge in [-0.05, 0) is 37.8 Å². The van der Waals surface area contributed by atoms with Crippen LogP contribution in [-0.4, -0.2) is 22.3 Å². The zero-order valence-electron chi connectivity index (χ0n) is 11.0. The molecule has 3 rings (SSSR count). The second-order valence-electron chi connectivity index (χ2n) is 5.16. The van der Waals surface area contributed by atoms with Crippen molar-refractivity contribution in [2.24, 2.45) is 0 Å². The Balaban J connectivity index is 1.97. The van der Waals surface area contributed by atoms with Crippen LogP contribution in [0, 0.1) is 12.7 Å². The Morgan fingerprint density at radius 3 is 3.05 bits per heavy atom. The van der Waals surface area contributed by atoms with Gasteiger partial charge in [-0.15, -0.1) is 0 Å². The number of halogens is 1. The predicted octanol–water partition coefficient (Wildman–Crippen LogP) is 2.64. The molecule has 1 atom stereocenters. The molecule has 2 aromatic rings. The molecular weight excluding hydrogens is 245 g/mol. The maximum atomic E-state index is 13.5. The van der Waals surface area contributed by atoms with Gasteiger partial charge in [0.15, 0.2) is 0 Å². The Labute approximate surface area is 111 Å². The Morgan fingerprint density at radius 2 is 2.32 bits per heavy atom. The first-order chi connectivity index (χ1) is 9.15. The third-order valence-electron chi connectivity index (χ3n) is 3.72. The van der Waals surface area contributed by atoms with Gasteiger partial charge in [-0.3, -0.25) is 0 Å². The molecule has 19 heavy (non-hydrogen) atoms. The average molecular weight is 263 g/mol. The van der Waals surface area contributed by atoms with Crippen LogP contribution >= 0.6 is 0 Å². The second-order valence-corrected chi connectivity index (χ2v) is 5.16. The summed E-state index contributed by atoms with van der Waals surface area (Å²) < 4.78 is 21.2. The molecule has 102 valence electrons. The van der Waals surface area contributed by atoms with E-state index in [4.69, 9.17) is 10.5 Å². The number of aromatic nitrogens is 2. The van der Waals surface area contributed by atoms with Crippen LogP contribution in [-0.2, 0) is 11.3 Å². The van der Waals surface area contributed by atoms with E-state index in [0.717, 1.165) is 25.0 Å². The monoisotopic (exact) mass is 263 g/mol. The Morgan fingerprint density at radius 1 is 1.47 bits per heavy atom. The van der Waals surface area contributed by atoms with Crippen LogP contribution in [0.4, 0.5) is 10.3 Å². The van der Waals surface area contributed by atoms with Crippen LogP contribution in [0.5, 0.6) is 0 Å². The van der Waals surface area contributed by atoms with E-state index in [1.54, 1.807) is 13.0 Å². The van der Waals surface area contributed by atoms with Crippen LogP contribution in [0.2, 0.25) is 0 Å². The summed E-state index contributed by atoms with van der Waals surface area (Å²) in [5, 5.41) is 0. The third-order valence-corrected chi connectivity index (χ3v) is 3.72. The van der Waals surface area contributed by atoms with E-state index in [9.17, 15) is 4.39 Å². The second kappa shape index (κ2) is 4.81. The topological polar surface area (TPSA) is 53.1 Å². The normalized spacial score (nSPS) is 20.0. The first-order valence-electron chi connectivity index (χ1n) is 6.68. The van der Waals surface area contributed by atoms with Crippen molar-refractivity contribution < 1.29 is 9.13 Å². The van der Waals surface area contributed by atoms with Crippen molar-refractivity contribution in [2.45, 2.75) is 38.8 Å². The zero-order valence-corrected chi connectivity index (χ0v) is 11.0. The lowest BCUT2D eigenvalue weighted by Crippen LogP contribution is -2.25. The number of fused-ring (bicyclic) bond motifs is 1. The minimum absolute atomic E-state index is 0.179. The Bertz CT molecular complexity index is 602. The number of rotatable bonds is 2. The summed E-state index contributed by atoms with van der Waals surface area (Å²) in [6, 6.07) is 3.25. The summed E-state index contributed by atoms with van der Waals surface area (Å²) in [4.78, 5) is 4.23. The quantitative estimate of drug-likeness (QED) is 0.906.